The molecule has 2 heterocycles. The Balaban J connectivity index is 1.71. The summed E-state index contributed by atoms with van der Waals surface area (Å²) in [5, 5.41) is 3.41. The van der Waals surface area contributed by atoms with Gasteiger partial charge in [0, 0.05) is 31.4 Å². The van der Waals surface area contributed by atoms with E-state index < -0.39 is 9.84 Å². The van der Waals surface area contributed by atoms with E-state index in [1.165, 1.54) is 12.8 Å². The van der Waals surface area contributed by atoms with E-state index in [4.69, 9.17) is 0 Å². The van der Waals surface area contributed by atoms with Crippen LogP contribution in [0.4, 0.5) is 5.82 Å². The largest absolute Gasteiger partial charge is 0.351 e. The summed E-state index contributed by atoms with van der Waals surface area (Å²) in [6, 6.07) is 0.592. The maximum atomic E-state index is 11.6. The van der Waals surface area contributed by atoms with Gasteiger partial charge in [0.15, 0.2) is 9.84 Å². The molecule has 2 aliphatic rings. The molecule has 0 radical (unpaired) electrons. The van der Waals surface area contributed by atoms with Crippen molar-refractivity contribution in [3.8, 4) is 0 Å². The number of sulfone groups is 1. The van der Waals surface area contributed by atoms with Gasteiger partial charge in [-0.3, -0.25) is 4.98 Å². The quantitative estimate of drug-likeness (QED) is 0.864. The average molecular weight is 296 g/mol. The fourth-order valence-corrected chi connectivity index (χ4v) is 4.05. The Bertz CT molecular complexity index is 586. The summed E-state index contributed by atoms with van der Waals surface area (Å²) >= 11 is 0. The van der Waals surface area contributed by atoms with Crippen molar-refractivity contribution in [3.05, 3.63) is 18.1 Å². The highest BCUT2D eigenvalue weighted by Gasteiger charge is 2.29. The van der Waals surface area contributed by atoms with Gasteiger partial charge in [-0.25, -0.2) is 13.4 Å². The van der Waals surface area contributed by atoms with Crippen LogP contribution in [-0.4, -0.2) is 48.5 Å². The smallest absolute Gasteiger partial charge is 0.154 e. The molecule has 7 heteroatoms. The molecule has 1 atom stereocenters. The summed E-state index contributed by atoms with van der Waals surface area (Å²) < 4.78 is 23.2. The van der Waals surface area contributed by atoms with Crippen molar-refractivity contribution in [1.82, 2.24) is 15.3 Å². The molecule has 1 saturated heterocycles. The molecule has 1 aromatic rings. The SMILES string of the molecule is CC1CS(=O)(=O)CCN1c1cncc(CNC2CC2)n1. The van der Waals surface area contributed by atoms with Crippen molar-refractivity contribution in [3.63, 3.8) is 0 Å². The van der Waals surface area contributed by atoms with Gasteiger partial charge in [0.2, 0.25) is 0 Å². The third-order valence-electron chi connectivity index (χ3n) is 3.79. The Hall–Kier alpha value is -1.21. The van der Waals surface area contributed by atoms with Crippen LogP contribution >= 0.6 is 0 Å². The van der Waals surface area contributed by atoms with Gasteiger partial charge in [0.05, 0.1) is 23.4 Å². The van der Waals surface area contributed by atoms with Gasteiger partial charge < -0.3 is 10.2 Å². The predicted octanol–water partition coefficient (Wildman–Crippen LogP) is 0.352. The van der Waals surface area contributed by atoms with Crippen molar-refractivity contribution >= 4 is 15.7 Å². The van der Waals surface area contributed by atoms with Crippen LogP contribution in [0.5, 0.6) is 0 Å². The number of rotatable bonds is 4. The Morgan fingerprint density at radius 1 is 1.40 bits per heavy atom. The van der Waals surface area contributed by atoms with E-state index in [0.717, 1.165) is 18.1 Å². The van der Waals surface area contributed by atoms with Crippen LogP contribution in [-0.2, 0) is 16.4 Å². The highest BCUT2D eigenvalue weighted by molar-refractivity contribution is 7.91. The highest BCUT2D eigenvalue weighted by Crippen LogP contribution is 2.21. The first-order chi connectivity index (χ1) is 9.53. The Labute approximate surface area is 119 Å². The molecular formula is C13H20N4O2S. The van der Waals surface area contributed by atoms with E-state index in [2.05, 4.69) is 15.3 Å². The standard InChI is InChI=1S/C13H20N4O2S/c1-10-9-20(18,19)5-4-17(10)13-8-14-6-12(16-13)7-15-11-2-3-11/h6,8,10-11,15H,2-5,7,9H2,1H3. The monoisotopic (exact) mass is 296 g/mol. The number of nitrogens with one attached hydrogen (secondary N) is 1. The van der Waals surface area contributed by atoms with Crippen molar-refractivity contribution in [2.24, 2.45) is 0 Å². The van der Waals surface area contributed by atoms with E-state index >= 15 is 0 Å². The number of hydrogen-bond acceptors (Lipinski definition) is 6. The van der Waals surface area contributed by atoms with Crippen LogP contribution in [0.15, 0.2) is 12.4 Å². The van der Waals surface area contributed by atoms with Gasteiger partial charge in [0.25, 0.3) is 0 Å². The molecule has 1 saturated carbocycles. The van der Waals surface area contributed by atoms with Crippen molar-refractivity contribution in [2.75, 3.05) is 23.0 Å². The first-order valence-electron chi connectivity index (χ1n) is 7.05. The lowest BCUT2D eigenvalue weighted by atomic mass is 10.3. The fraction of sp³-hybridized carbons (Fsp3) is 0.692. The summed E-state index contributed by atoms with van der Waals surface area (Å²) in [6.45, 7) is 3.15. The second-order valence-electron chi connectivity index (χ2n) is 5.68. The lowest BCUT2D eigenvalue weighted by Gasteiger charge is -2.34. The summed E-state index contributed by atoms with van der Waals surface area (Å²) in [5.41, 5.74) is 0.912. The number of hydrogen-bond donors (Lipinski definition) is 1. The van der Waals surface area contributed by atoms with Crippen LogP contribution in [0, 0.1) is 0 Å². The zero-order valence-corrected chi connectivity index (χ0v) is 12.4. The molecule has 2 fully saturated rings. The molecule has 0 spiro atoms. The molecule has 3 rings (SSSR count). The maximum absolute atomic E-state index is 11.6. The predicted molar refractivity (Wildman–Crippen MR) is 77.4 cm³/mol. The molecule has 6 nitrogen and oxygen atoms in total. The van der Waals surface area contributed by atoms with Gasteiger partial charge in [-0.1, -0.05) is 0 Å². The topological polar surface area (TPSA) is 75.2 Å². The van der Waals surface area contributed by atoms with Crippen molar-refractivity contribution < 1.29 is 8.42 Å². The zero-order valence-electron chi connectivity index (χ0n) is 11.6. The van der Waals surface area contributed by atoms with Crippen LogP contribution in [0.25, 0.3) is 0 Å². The highest BCUT2D eigenvalue weighted by atomic mass is 32.2. The molecule has 0 bridgehead atoms. The molecule has 110 valence electrons. The molecule has 1 aliphatic heterocycles. The third kappa shape index (κ3) is 3.27. The summed E-state index contributed by atoms with van der Waals surface area (Å²) in [4.78, 5) is 10.9. The molecule has 1 aliphatic carbocycles. The zero-order chi connectivity index (χ0) is 14.2. The first-order valence-corrected chi connectivity index (χ1v) is 8.87. The van der Waals surface area contributed by atoms with E-state index in [-0.39, 0.29) is 17.5 Å². The van der Waals surface area contributed by atoms with Crippen molar-refractivity contribution in [2.45, 2.75) is 38.4 Å². The molecule has 1 unspecified atom stereocenters. The molecule has 20 heavy (non-hydrogen) atoms. The third-order valence-corrected chi connectivity index (χ3v) is 5.58. The normalized spacial score (nSPS) is 25.6. The van der Waals surface area contributed by atoms with E-state index in [1.54, 1.807) is 12.4 Å². The van der Waals surface area contributed by atoms with Crippen LogP contribution in [0.1, 0.15) is 25.5 Å². The molecule has 0 aromatic carbocycles. The Morgan fingerprint density at radius 3 is 2.90 bits per heavy atom. The van der Waals surface area contributed by atoms with Gasteiger partial charge in [-0.05, 0) is 19.8 Å². The van der Waals surface area contributed by atoms with Gasteiger partial charge in [-0.2, -0.15) is 0 Å². The molecular weight excluding hydrogens is 276 g/mol. The Kier molecular flexibility index (Phi) is 3.64. The number of aromatic nitrogens is 2. The van der Waals surface area contributed by atoms with Gasteiger partial charge in [0.1, 0.15) is 5.82 Å². The lowest BCUT2D eigenvalue weighted by Crippen LogP contribution is -2.47. The minimum atomic E-state index is -2.90. The minimum Gasteiger partial charge on any atom is -0.351 e. The molecule has 1 aromatic heterocycles. The Morgan fingerprint density at radius 2 is 2.20 bits per heavy atom. The summed E-state index contributed by atoms with van der Waals surface area (Å²) in [7, 11) is -2.90. The van der Waals surface area contributed by atoms with E-state index in [0.29, 0.717) is 12.6 Å². The van der Waals surface area contributed by atoms with Crippen LogP contribution < -0.4 is 10.2 Å². The number of anilines is 1. The van der Waals surface area contributed by atoms with Gasteiger partial charge in [-0.15, -0.1) is 0 Å². The van der Waals surface area contributed by atoms with Crippen LogP contribution in [0.3, 0.4) is 0 Å². The van der Waals surface area contributed by atoms with Gasteiger partial charge >= 0.3 is 0 Å². The van der Waals surface area contributed by atoms with E-state index in [1.807, 2.05) is 11.8 Å². The molecule has 0 amide bonds. The average Bonchev–Trinajstić information content (AvgIpc) is 3.19. The summed E-state index contributed by atoms with van der Waals surface area (Å²) in [5.74, 6) is 1.17. The first kappa shape index (κ1) is 13.8. The molecule has 1 N–H and O–H groups in total. The van der Waals surface area contributed by atoms with E-state index in [9.17, 15) is 8.42 Å². The second kappa shape index (κ2) is 5.29. The maximum Gasteiger partial charge on any atom is 0.154 e. The lowest BCUT2D eigenvalue weighted by molar-refractivity contribution is 0.566. The minimum absolute atomic E-state index is 0.0466. The number of nitrogens with zero attached hydrogens (tertiary/aromatic N) is 3. The van der Waals surface area contributed by atoms with Crippen LogP contribution in [0.2, 0.25) is 0 Å². The fourth-order valence-electron chi connectivity index (χ4n) is 2.49. The van der Waals surface area contributed by atoms with Crippen molar-refractivity contribution in [1.29, 1.82) is 0 Å². The second-order valence-corrected chi connectivity index (χ2v) is 7.91. The summed E-state index contributed by atoms with van der Waals surface area (Å²) in [6.07, 6.45) is 5.97.